The summed E-state index contributed by atoms with van der Waals surface area (Å²) in [7, 11) is 0. The highest BCUT2D eigenvalue weighted by Crippen LogP contribution is 2.42. The van der Waals surface area contributed by atoms with Gasteiger partial charge in [0.25, 0.3) is 0 Å². The van der Waals surface area contributed by atoms with E-state index in [-0.39, 0.29) is 22.4 Å². The average Bonchev–Trinajstić information content (AvgIpc) is 2.86. The molecule has 1 amide bonds. The number of carbonyl (C=O) groups is 1. The minimum atomic E-state index is -4.51. The van der Waals surface area contributed by atoms with E-state index in [1.807, 2.05) is 13.8 Å². The molecular formula is C14H14F3N3O. The van der Waals surface area contributed by atoms with Gasteiger partial charge in [0, 0.05) is 24.6 Å². The fraction of sp³-hybridized carbons (Fsp3) is 0.429. The fourth-order valence-electron chi connectivity index (χ4n) is 2.79. The third-order valence-electron chi connectivity index (χ3n) is 3.82. The van der Waals surface area contributed by atoms with Crippen LogP contribution in [0.15, 0.2) is 12.1 Å². The van der Waals surface area contributed by atoms with Crippen molar-refractivity contribution in [3.8, 4) is 0 Å². The van der Waals surface area contributed by atoms with Crippen LogP contribution < -0.4 is 4.90 Å². The van der Waals surface area contributed by atoms with Crippen LogP contribution >= 0.6 is 0 Å². The van der Waals surface area contributed by atoms with E-state index in [0.29, 0.717) is 12.2 Å². The van der Waals surface area contributed by atoms with Crippen molar-refractivity contribution in [2.75, 3.05) is 11.4 Å². The quantitative estimate of drug-likeness (QED) is 0.811. The molecule has 2 heterocycles. The van der Waals surface area contributed by atoms with Crippen molar-refractivity contribution in [2.45, 2.75) is 32.4 Å². The van der Waals surface area contributed by atoms with Gasteiger partial charge in [-0.05, 0) is 17.7 Å². The number of H-pyrrole nitrogens is 1. The lowest BCUT2D eigenvalue weighted by Crippen LogP contribution is -2.31. The smallest absolute Gasteiger partial charge is 0.334 e. The van der Waals surface area contributed by atoms with E-state index in [4.69, 9.17) is 0 Å². The summed E-state index contributed by atoms with van der Waals surface area (Å²) in [4.78, 5) is 19.2. The van der Waals surface area contributed by atoms with Gasteiger partial charge in [-0.1, -0.05) is 13.8 Å². The van der Waals surface area contributed by atoms with Crippen LogP contribution in [0.25, 0.3) is 11.0 Å². The first-order valence-corrected chi connectivity index (χ1v) is 6.49. The Morgan fingerprint density at radius 3 is 2.62 bits per heavy atom. The predicted molar refractivity (Wildman–Crippen MR) is 72.1 cm³/mol. The summed E-state index contributed by atoms with van der Waals surface area (Å²) >= 11 is 0. The summed E-state index contributed by atoms with van der Waals surface area (Å²) in [6.45, 7) is 5.87. The minimum Gasteiger partial charge on any atom is -0.334 e. The molecule has 0 saturated heterocycles. The first kappa shape index (κ1) is 13.9. The molecule has 0 fully saturated rings. The SMILES string of the molecule is CC(=O)N1CC(C)(C)c2cc3nc(C(F)(F)F)[nH]c3cc21. The van der Waals surface area contributed by atoms with Crippen molar-refractivity contribution in [3.63, 3.8) is 0 Å². The van der Waals surface area contributed by atoms with E-state index in [1.54, 1.807) is 17.0 Å². The zero-order valence-corrected chi connectivity index (χ0v) is 11.8. The van der Waals surface area contributed by atoms with Gasteiger partial charge >= 0.3 is 6.18 Å². The number of aromatic amines is 1. The number of alkyl halides is 3. The lowest BCUT2D eigenvalue weighted by Gasteiger charge is -2.19. The predicted octanol–water partition coefficient (Wildman–Crippen LogP) is 3.23. The Balaban J connectivity index is 2.23. The van der Waals surface area contributed by atoms with Gasteiger partial charge in [-0.3, -0.25) is 4.79 Å². The third kappa shape index (κ3) is 2.07. The molecule has 0 aliphatic carbocycles. The molecule has 0 saturated carbocycles. The lowest BCUT2D eigenvalue weighted by atomic mass is 9.87. The Hall–Kier alpha value is -2.05. The Morgan fingerprint density at radius 2 is 2.05 bits per heavy atom. The van der Waals surface area contributed by atoms with Gasteiger partial charge in [0.1, 0.15) is 0 Å². The maximum atomic E-state index is 12.7. The standard InChI is InChI=1S/C14H14F3N3O/c1-7(21)20-6-13(2,3)8-4-9-10(5-11(8)20)19-12(18-9)14(15,16)17/h4-5H,6H2,1-3H3,(H,18,19). The normalized spacial score (nSPS) is 17.3. The molecule has 112 valence electrons. The number of hydrogen-bond donors (Lipinski definition) is 1. The third-order valence-corrected chi connectivity index (χ3v) is 3.82. The van der Waals surface area contributed by atoms with Crippen molar-refractivity contribution < 1.29 is 18.0 Å². The molecule has 21 heavy (non-hydrogen) atoms. The van der Waals surface area contributed by atoms with Crippen LogP contribution in [0.1, 0.15) is 32.2 Å². The molecule has 2 aromatic rings. The number of anilines is 1. The van der Waals surface area contributed by atoms with Crippen LogP contribution in [0.5, 0.6) is 0 Å². The second-order valence-electron chi connectivity index (χ2n) is 5.96. The average molecular weight is 297 g/mol. The Kier molecular flexibility index (Phi) is 2.64. The highest BCUT2D eigenvalue weighted by molar-refractivity contribution is 5.97. The van der Waals surface area contributed by atoms with Crippen molar-refractivity contribution in [2.24, 2.45) is 0 Å². The number of nitrogens with zero attached hydrogens (tertiary/aromatic N) is 2. The second-order valence-corrected chi connectivity index (χ2v) is 5.96. The molecule has 0 atom stereocenters. The number of halogens is 3. The summed E-state index contributed by atoms with van der Waals surface area (Å²) in [6.07, 6.45) is -4.51. The van der Waals surface area contributed by atoms with Crippen LogP contribution in [0, 0.1) is 0 Å². The van der Waals surface area contributed by atoms with E-state index in [1.165, 1.54) is 6.92 Å². The molecule has 1 aliphatic rings. The number of amides is 1. The fourth-order valence-corrected chi connectivity index (χ4v) is 2.79. The van der Waals surface area contributed by atoms with Crippen LogP contribution in [-0.4, -0.2) is 22.4 Å². The molecule has 4 nitrogen and oxygen atoms in total. The molecule has 0 spiro atoms. The van der Waals surface area contributed by atoms with Gasteiger partial charge in [0.2, 0.25) is 11.7 Å². The van der Waals surface area contributed by atoms with E-state index in [9.17, 15) is 18.0 Å². The maximum Gasteiger partial charge on any atom is 0.449 e. The summed E-state index contributed by atoms with van der Waals surface area (Å²) in [5, 5.41) is 0. The first-order valence-electron chi connectivity index (χ1n) is 6.49. The van der Waals surface area contributed by atoms with Gasteiger partial charge in [0.15, 0.2) is 0 Å². The summed E-state index contributed by atoms with van der Waals surface area (Å²) < 4.78 is 38.2. The van der Waals surface area contributed by atoms with Crippen LogP contribution in [-0.2, 0) is 16.4 Å². The van der Waals surface area contributed by atoms with Gasteiger partial charge in [-0.2, -0.15) is 13.2 Å². The van der Waals surface area contributed by atoms with E-state index >= 15 is 0 Å². The van der Waals surface area contributed by atoms with E-state index in [0.717, 1.165) is 5.56 Å². The summed E-state index contributed by atoms with van der Waals surface area (Å²) in [5.74, 6) is -1.15. The van der Waals surface area contributed by atoms with Crippen LogP contribution in [0.3, 0.4) is 0 Å². The Bertz CT molecular complexity index is 746. The van der Waals surface area contributed by atoms with Crippen molar-refractivity contribution >= 4 is 22.6 Å². The van der Waals surface area contributed by atoms with Gasteiger partial charge < -0.3 is 9.88 Å². The monoisotopic (exact) mass is 297 g/mol. The summed E-state index contributed by atoms with van der Waals surface area (Å²) in [6, 6.07) is 3.21. The number of rotatable bonds is 0. The number of benzene rings is 1. The molecule has 0 unspecified atom stereocenters. The van der Waals surface area contributed by atoms with Crippen molar-refractivity contribution in [3.05, 3.63) is 23.5 Å². The molecule has 3 rings (SSSR count). The largest absolute Gasteiger partial charge is 0.449 e. The summed E-state index contributed by atoms with van der Waals surface area (Å²) in [5.41, 5.74) is 1.72. The van der Waals surface area contributed by atoms with Gasteiger partial charge in [-0.15, -0.1) is 0 Å². The van der Waals surface area contributed by atoms with Gasteiger partial charge in [0.05, 0.1) is 11.0 Å². The number of fused-ring (bicyclic) bond motifs is 2. The van der Waals surface area contributed by atoms with Gasteiger partial charge in [-0.25, -0.2) is 4.98 Å². The Morgan fingerprint density at radius 1 is 1.38 bits per heavy atom. The van der Waals surface area contributed by atoms with Crippen molar-refractivity contribution in [1.82, 2.24) is 9.97 Å². The molecule has 0 bridgehead atoms. The highest BCUT2D eigenvalue weighted by atomic mass is 19.4. The molecule has 1 aromatic carbocycles. The maximum absolute atomic E-state index is 12.7. The molecule has 1 aliphatic heterocycles. The number of hydrogen-bond acceptors (Lipinski definition) is 2. The number of carbonyl (C=O) groups excluding carboxylic acids is 1. The van der Waals surface area contributed by atoms with Crippen LogP contribution in [0.2, 0.25) is 0 Å². The highest BCUT2D eigenvalue weighted by Gasteiger charge is 2.39. The van der Waals surface area contributed by atoms with E-state index < -0.39 is 12.0 Å². The number of nitrogens with one attached hydrogen (secondary N) is 1. The molecule has 7 heteroatoms. The molecule has 1 N–H and O–H groups in total. The first-order chi connectivity index (χ1) is 9.59. The number of aromatic nitrogens is 2. The zero-order chi connectivity index (χ0) is 15.6. The molecular weight excluding hydrogens is 283 g/mol. The zero-order valence-electron chi connectivity index (χ0n) is 11.8. The lowest BCUT2D eigenvalue weighted by molar-refractivity contribution is -0.144. The van der Waals surface area contributed by atoms with E-state index in [2.05, 4.69) is 9.97 Å². The van der Waals surface area contributed by atoms with Crippen LogP contribution in [0.4, 0.5) is 18.9 Å². The topological polar surface area (TPSA) is 49.0 Å². The molecule has 1 aromatic heterocycles. The number of imidazole rings is 1. The second kappa shape index (κ2) is 3.99. The minimum absolute atomic E-state index is 0.128. The van der Waals surface area contributed by atoms with Crippen molar-refractivity contribution in [1.29, 1.82) is 0 Å². The molecule has 0 radical (unpaired) electrons. The Labute approximate surface area is 119 Å².